The quantitative estimate of drug-likeness (QED) is 0.447. The highest BCUT2D eigenvalue weighted by atomic mass is 35.5. The number of nitriles is 1. The van der Waals surface area contributed by atoms with Crippen molar-refractivity contribution in [3.63, 3.8) is 0 Å². The number of hydrogen-bond acceptors (Lipinski definition) is 6. The summed E-state index contributed by atoms with van der Waals surface area (Å²) in [6.07, 6.45) is 1.05. The van der Waals surface area contributed by atoms with E-state index in [1.54, 1.807) is 42.5 Å². The van der Waals surface area contributed by atoms with Crippen molar-refractivity contribution in [1.29, 1.82) is 5.26 Å². The van der Waals surface area contributed by atoms with E-state index < -0.39 is 0 Å². The molecular formula is C21H19Cl2N5O. The normalized spacial score (nSPS) is 10.4. The summed E-state index contributed by atoms with van der Waals surface area (Å²) < 4.78 is 0. The molecule has 0 fully saturated rings. The molecule has 1 aromatic heterocycles. The van der Waals surface area contributed by atoms with Gasteiger partial charge in [-0.2, -0.15) is 10.2 Å². The molecule has 6 nitrogen and oxygen atoms in total. The van der Waals surface area contributed by atoms with Gasteiger partial charge in [0.15, 0.2) is 0 Å². The summed E-state index contributed by atoms with van der Waals surface area (Å²) in [5, 5.41) is 25.4. The third-order valence-corrected chi connectivity index (χ3v) is 4.82. The summed E-state index contributed by atoms with van der Waals surface area (Å²) in [4.78, 5) is 9.07. The maximum atomic E-state index is 9.01. The highest BCUT2D eigenvalue weighted by Gasteiger charge is 2.11. The van der Waals surface area contributed by atoms with Crippen molar-refractivity contribution in [3.8, 4) is 6.07 Å². The minimum Gasteiger partial charge on any atom is -0.396 e. The second-order valence-corrected chi connectivity index (χ2v) is 7.08. The number of rotatable bonds is 8. The number of benzene rings is 2. The van der Waals surface area contributed by atoms with Crippen molar-refractivity contribution in [2.24, 2.45) is 0 Å². The Morgan fingerprint density at radius 2 is 1.76 bits per heavy atom. The average Bonchev–Trinajstić information content (AvgIpc) is 2.72. The van der Waals surface area contributed by atoms with Gasteiger partial charge in [0, 0.05) is 41.4 Å². The summed E-state index contributed by atoms with van der Waals surface area (Å²) in [5.41, 5.74) is 2.86. The molecule has 29 heavy (non-hydrogen) atoms. The van der Waals surface area contributed by atoms with Gasteiger partial charge in [-0.15, -0.1) is 0 Å². The molecule has 148 valence electrons. The number of anilines is 3. The van der Waals surface area contributed by atoms with E-state index in [0.29, 0.717) is 46.8 Å². The molecule has 0 radical (unpaired) electrons. The minimum atomic E-state index is 0.0938. The van der Waals surface area contributed by atoms with E-state index in [-0.39, 0.29) is 6.61 Å². The number of aliphatic hydroxyl groups excluding tert-OH is 1. The smallest absolute Gasteiger partial charge is 0.229 e. The molecule has 0 aliphatic carbocycles. The molecule has 0 amide bonds. The fourth-order valence-corrected chi connectivity index (χ4v) is 3.20. The molecule has 0 saturated heterocycles. The lowest BCUT2D eigenvalue weighted by atomic mass is 10.1. The first-order valence-electron chi connectivity index (χ1n) is 9.02. The largest absolute Gasteiger partial charge is 0.396 e. The monoisotopic (exact) mass is 427 g/mol. The Morgan fingerprint density at radius 3 is 2.41 bits per heavy atom. The average molecular weight is 428 g/mol. The molecule has 3 aromatic rings. The van der Waals surface area contributed by atoms with Crippen LogP contribution < -0.4 is 10.6 Å². The van der Waals surface area contributed by atoms with E-state index in [1.807, 2.05) is 6.07 Å². The number of nitrogens with zero attached hydrogens (tertiary/aromatic N) is 3. The first kappa shape index (κ1) is 20.9. The number of aromatic nitrogens is 2. The van der Waals surface area contributed by atoms with E-state index in [4.69, 9.17) is 33.6 Å². The van der Waals surface area contributed by atoms with E-state index in [0.717, 1.165) is 16.9 Å². The van der Waals surface area contributed by atoms with E-state index in [1.165, 1.54) is 0 Å². The molecule has 0 aliphatic rings. The van der Waals surface area contributed by atoms with Crippen LogP contribution in [0.5, 0.6) is 0 Å². The summed E-state index contributed by atoms with van der Waals surface area (Å²) in [6.45, 7) is 0.673. The summed E-state index contributed by atoms with van der Waals surface area (Å²) in [6, 6.07) is 16.3. The van der Waals surface area contributed by atoms with Crippen LogP contribution in [-0.4, -0.2) is 28.2 Å². The van der Waals surface area contributed by atoms with E-state index in [2.05, 4.69) is 26.7 Å². The first-order valence-corrected chi connectivity index (χ1v) is 9.77. The Balaban J connectivity index is 1.89. The van der Waals surface area contributed by atoms with Gasteiger partial charge >= 0.3 is 0 Å². The Labute approximate surface area is 179 Å². The summed E-state index contributed by atoms with van der Waals surface area (Å²) in [7, 11) is 0. The zero-order valence-electron chi connectivity index (χ0n) is 15.5. The fraction of sp³-hybridized carbons (Fsp3) is 0.190. The minimum absolute atomic E-state index is 0.0938. The molecule has 0 spiro atoms. The molecule has 3 N–H and O–H groups in total. The third-order valence-electron chi connectivity index (χ3n) is 4.11. The maximum Gasteiger partial charge on any atom is 0.229 e. The van der Waals surface area contributed by atoms with Crippen molar-refractivity contribution in [2.75, 3.05) is 23.8 Å². The lowest BCUT2D eigenvalue weighted by Crippen LogP contribution is -2.09. The Morgan fingerprint density at radius 1 is 1.03 bits per heavy atom. The second-order valence-electron chi connectivity index (χ2n) is 6.26. The van der Waals surface area contributed by atoms with Crippen LogP contribution in [0.15, 0.2) is 48.5 Å². The lowest BCUT2D eigenvalue weighted by molar-refractivity contribution is 0.292. The van der Waals surface area contributed by atoms with Crippen LogP contribution in [-0.2, 0) is 6.42 Å². The maximum absolute atomic E-state index is 9.01. The van der Waals surface area contributed by atoms with Gasteiger partial charge in [-0.1, -0.05) is 29.3 Å². The Bertz CT molecular complexity index is 998. The first-order chi connectivity index (χ1) is 14.1. The molecule has 3 rings (SSSR count). The molecule has 0 unspecified atom stereocenters. The van der Waals surface area contributed by atoms with Crippen molar-refractivity contribution >= 4 is 40.7 Å². The van der Waals surface area contributed by atoms with Gasteiger partial charge in [-0.3, -0.25) is 0 Å². The van der Waals surface area contributed by atoms with Crippen LogP contribution in [0.4, 0.5) is 17.5 Å². The lowest BCUT2D eigenvalue weighted by Gasteiger charge is -2.12. The standard InChI is InChI=1S/C21H19Cl2N5O/c22-18-3-1-4-19(23)17(18)11-16-12-20(25-9-2-10-29)28-21(27-16)26-15-7-5-14(13-24)6-8-15/h1,3-8,12,29H,2,9-11H2,(H2,25,26,27,28). The molecular weight excluding hydrogens is 409 g/mol. The van der Waals surface area contributed by atoms with Gasteiger partial charge in [-0.25, -0.2) is 4.98 Å². The third kappa shape index (κ3) is 5.81. The van der Waals surface area contributed by atoms with Crippen LogP contribution in [0.3, 0.4) is 0 Å². The zero-order chi connectivity index (χ0) is 20.6. The zero-order valence-corrected chi connectivity index (χ0v) is 17.0. The summed E-state index contributed by atoms with van der Waals surface area (Å²) >= 11 is 12.6. The fourth-order valence-electron chi connectivity index (χ4n) is 2.67. The molecule has 0 atom stereocenters. The van der Waals surface area contributed by atoms with Crippen LogP contribution in [0.1, 0.15) is 23.2 Å². The number of aliphatic hydroxyl groups is 1. The van der Waals surface area contributed by atoms with Crippen LogP contribution >= 0.6 is 23.2 Å². The van der Waals surface area contributed by atoms with Gasteiger partial charge in [0.1, 0.15) is 5.82 Å². The molecule has 1 heterocycles. The number of hydrogen-bond donors (Lipinski definition) is 3. The van der Waals surface area contributed by atoms with Crippen molar-refractivity contribution in [1.82, 2.24) is 9.97 Å². The SMILES string of the molecule is N#Cc1ccc(Nc2nc(Cc3c(Cl)cccc3Cl)cc(NCCCO)n2)cc1. The summed E-state index contributed by atoms with van der Waals surface area (Å²) in [5.74, 6) is 1.03. The van der Waals surface area contributed by atoms with Crippen LogP contribution in [0.2, 0.25) is 10.0 Å². The number of nitrogens with one attached hydrogen (secondary N) is 2. The predicted molar refractivity (Wildman–Crippen MR) is 116 cm³/mol. The van der Waals surface area contributed by atoms with E-state index in [9.17, 15) is 0 Å². The van der Waals surface area contributed by atoms with E-state index >= 15 is 0 Å². The molecule has 0 bridgehead atoms. The molecule has 0 aliphatic heterocycles. The van der Waals surface area contributed by atoms with Crippen molar-refractivity contribution < 1.29 is 5.11 Å². The number of halogens is 2. The van der Waals surface area contributed by atoms with Crippen molar-refractivity contribution in [2.45, 2.75) is 12.8 Å². The van der Waals surface area contributed by atoms with Crippen LogP contribution in [0.25, 0.3) is 0 Å². The van der Waals surface area contributed by atoms with Crippen molar-refractivity contribution in [3.05, 3.63) is 75.4 Å². The Kier molecular flexibility index (Phi) is 7.25. The highest BCUT2D eigenvalue weighted by molar-refractivity contribution is 6.36. The highest BCUT2D eigenvalue weighted by Crippen LogP contribution is 2.27. The van der Waals surface area contributed by atoms with Gasteiger partial charge < -0.3 is 15.7 Å². The Hall–Kier alpha value is -2.85. The molecule has 8 heteroatoms. The topological polar surface area (TPSA) is 93.9 Å². The van der Waals surface area contributed by atoms with Gasteiger partial charge in [-0.05, 0) is 48.4 Å². The molecule has 0 saturated carbocycles. The predicted octanol–water partition coefficient (Wildman–Crippen LogP) is 4.78. The second kappa shape index (κ2) is 10.1. The van der Waals surface area contributed by atoms with Gasteiger partial charge in [0.05, 0.1) is 17.3 Å². The molecule has 2 aromatic carbocycles. The van der Waals surface area contributed by atoms with Gasteiger partial charge in [0.2, 0.25) is 5.95 Å². The van der Waals surface area contributed by atoms with Gasteiger partial charge in [0.25, 0.3) is 0 Å². The van der Waals surface area contributed by atoms with Crippen LogP contribution in [0, 0.1) is 11.3 Å².